The van der Waals surface area contributed by atoms with Gasteiger partial charge in [0.1, 0.15) is 17.5 Å². The predicted molar refractivity (Wildman–Crippen MR) is 105 cm³/mol. The first kappa shape index (κ1) is 18.7. The largest absolute Gasteiger partial charge is 0.382 e. The lowest BCUT2D eigenvalue weighted by molar-refractivity contribution is -0.0263. The first-order valence-corrected chi connectivity index (χ1v) is 8.87. The number of halogens is 2. The quantitative estimate of drug-likeness (QED) is 0.606. The number of aryl methyl sites for hydroxylation is 1. The molecule has 0 bridgehead atoms. The molecular weight excluding hydrogens is 380 g/mol. The van der Waals surface area contributed by atoms with Crippen molar-refractivity contribution >= 4 is 34.3 Å². The summed E-state index contributed by atoms with van der Waals surface area (Å²) in [5.74, 6) is -2.67. The second-order valence-electron chi connectivity index (χ2n) is 7.10. The van der Waals surface area contributed by atoms with E-state index in [-0.39, 0.29) is 36.2 Å². The molecule has 3 aromatic heterocycles. The summed E-state index contributed by atoms with van der Waals surface area (Å²) in [4.78, 5) is 14.1. The lowest BCUT2D eigenvalue weighted by Gasteiger charge is -2.41. The molecule has 0 amide bonds. The molecule has 4 heterocycles. The van der Waals surface area contributed by atoms with Gasteiger partial charge in [-0.3, -0.25) is 0 Å². The van der Waals surface area contributed by atoms with Crippen molar-refractivity contribution < 1.29 is 8.78 Å². The number of nitrogens with two attached hydrogens (primary N) is 2. The Morgan fingerprint density at radius 1 is 1.28 bits per heavy atom. The summed E-state index contributed by atoms with van der Waals surface area (Å²) in [5.41, 5.74) is 14.2. The Hall–Kier alpha value is -3.68. The number of nitrogen functional groups attached to an aromatic ring is 2. The fraction of sp³-hybridized carbons (Fsp3) is 0.333. The molecule has 11 heteroatoms. The van der Waals surface area contributed by atoms with Crippen molar-refractivity contribution in [1.29, 1.82) is 5.26 Å². The first-order chi connectivity index (χ1) is 13.7. The SMILES string of the molecule is CC(Nc1nc(N)nc(N)c1C#N)c1nc2ccn(C)c2cc1N1CC(F)(F)C1. The van der Waals surface area contributed by atoms with Gasteiger partial charge < -0.3 is 26.3 Å². The molecule has 1 fully saturated rings. The number of pyridine rings is 1. The second kappa shape index (κ2) is 6.44. The van der Waals surface area contributed by atoms with Crippen LogP contribution in [0.25, 0.3) is 11.0 Å². The van der Waals surface area contributed by atoms with Crippen LogP contribution in [0.2, 0.25) is 0 Å². The van der Waals surface area contributed by atoms with E-state index in [4.69, 9.17) is 11.5 Å². The summed E-state index contributed by atoms with van der Waals surface area (Å²) >= 11 is 0. The van der Waals surface area contributed by atoms with Crippen LogP contribution in [0.4, 0.5) is 32.1 Å². The van der Waals surface area contributed by atoms with E-state index in [0.717, 1.165) is 11.0 Å². The molecule has 0 radical (unpaired) electrons. The summed E-state index contributed by atoms with van der Waals surface area (Å²) in [6.45, 7) is 1.05. The van der Waals surface area contributed by atoms with Crippen LogP contribution in [0.1, 0.15) is 24.2 Å². The zero-order valence-corrected chi connectivity index (χ0v) is 15.8. The third-order valence-corrected chi connectivity index (χ3v) is 4.89. The van der Waals surface area contributed by atoms with E-state index < -0.39 is 12.0 Å². The van der Waals surface area contributed by atoms with Crippen LogP contribution >= 0.6 is 0 Å². The molecule has 1 saturated heterocycles. The van der Waals surface area contributed by atoms with E-state index in [0.29, 0.717) is 11.4 Å². The van der Waals surface area contributed by atoms with Crippen molar-refractivity contribution in [3.8, 4) is 6.07 Å². The monoisotopic (exact) mass is 399 g/mol. The number of nitrogens with zero attached hydrogens (tertiary/aromatic N) is 6. The summed E-state index contributed by atoms with van der Waals surface area (Å²) in [7, 11) is 1.87. The number of rotatable bonds is 4. The Kier molecular flexibility index (Phi) is 4.15. The van der Waals surface area contributed by atoms with Gasteiger partial charge in [0.05, 0.1) is 41.5 Å². The Balaban J connectivity index is 1.76. The molecule has 9 nitrogen and oxygen atoms in total. The highest BCUT2D eigenvalue weighted by Crippen LogP contribution is 2.38. The number of anilines is 4. The van der Waals surface area contributed by atoms with Crippen LogP contribution in [0, 0.1) is 11.3 Å². The summed E-state index contributed by atoms with van der Waals surface area (Å²) < 4.78 is 28.9. The van der Waals surface area contributed by atoms with Crippen molar-refractivity contribution in [1.82, 2.24) is 19.5 Å². The first-order valence-electron chi connectivity index (χ1n) is 8.87. The van der Waals surface area contributed by atoms with Crippen LogP contribution in [-0.4, -0.2) is 38.5 Å². The molecule has 1 aliphatic heterocycles. The standard InChI is InChI=1S/C18H19F2N9/c1-9(24-16-10(6-21)15(22)26-17(23)27-16)14-13(29-7-18(19,20)8-29)5-12-11(25-14)3-4-28(12)2/h3-5,9H,7-8H2,1-2H3,(H5,22,23,24,26,27). The second-order valence-corrected chi connectivity index (χ2v) is 7.10. The number of hydrogen-bond donors (Lipinski definition) is 3. The van der Waals surface area contributed by atoms with Gasteiger partial charge in [0.15, 0.2) is 5.82 Å². The maximum Gasteiger partial charge on any atom is 0.282 e. The molecule has 1 atom stereocenters. The van der Waals surface area contributed by atoms with Crippen LogP contribution < -0.4 is 21.7 Å². The predicted octanol–water partition coefficient (Wildman–Crippen LogP) is 2.03. The molecule has 0 saturated carbocycles. The van der Waals surface area contributed by atoms with Crippen molar-refractivity contribution in [2.24, 2.45) is 7.05 Å². The minimum atomic E-state index is -2.72. The number of nitrogens with one attached hydrogen (secondary N) is 1. The van der Waals surface area contributed by atoms with Crippen LogP contribution in [-0.2, 0) is 7.05 Å². The van der Waals surface area contributed by atoms with Crippen LogP contribution in [0.3, 0.4) is 0 Å². The average Bonchev–Trinajstić information content (AvgIpc) is 2.98. The summed E-state index contributed by atoms with van der Waals surface area (Å²) in [5, 5.41) is 12.4. The topological polar surface area (TPSA) is 135 Å². The zero-order chi connectivity index (χ0) is 20.9. The normalized spacial score (nSPS) is 16.3. The molecule has 29 heavy (non-hydrogen) atoms. The van der Waals surface area contributed by atoms with Gasteiger partial charge in [0, 0.05) is 13.2 Å². The fourth-order valence-corrected chi connectivity index (χ4v) is 3.43. The Bertz CT molecular complexity index is 1140. The highest BCUT2D eigenvalue weighted by molar-refractivity contribution is 5.81. The van der Waals surface area contributed by atoms with E-state index >= 15 is 0 Å². The van der Waals surface area contributed by atoms with E-state index in [9.17, 15) is 14.0 Å². The Morgan fingerprint density at radius 3 is 2.66 bits per heavy atom. The number of nitriles is 1. The molecule has 150 valence electrons. The third kappa shape index (κ3) is 3.22. The molecule has 5 N–H and O–H groups in total. The van der Waals surface area contributed by atoms with Crippen LogP contribution in [0.15, 0.2) is 18.3 Å². The molecular formula is C18H19F2N9. The number of hydrogen-bond acceptors (Lipinski definition) is 8. The van der Waals surface area contributed by atoms with Gasteiger partial charge in [0.2, 0.25) is 5.95 Å². The summed E-state index contributed by atoms with van der Waals surface area (Å²) in [6, 6.07) is 5.18. The van der Waals surface area contributed by atoms with Gasteiger partial charge in [-0.15, -0.1) is 0 Å². The minimum Gasteiger partial charge on any atom is -0.382 e. The van der Waals surface area contributed by atoms with Gasteiger partial charge in [-0.05, 0) is 19.1 Å². The Morgan fingerprint density at radius 2 is 2.00 bits per heavy atom. The lowest BCUT2D eigenvalue weighted by Crippen LogP contribution is -2.56. The molecule has 1 unspecified atom stereocenters. The number of alkyl halides is 2. The number of fused-ring (bicyclic) bond motifs is 1. The van der Waals surface area contributed by atoms with Gasteiger partial charge >= 0.3 is 0 Å². The van der Waals surface area contributed by atoms with Gasteiger partial charge in [-0.25, -0.2) is 13.8 Å². The fourth-order valence-electron chi connectivity index (χ4n) is 3.43. The lowest BCUT2D eigenvalue weighted by atomic mass is 10.1. The van der Waals surface area contributed by atoms with Gasteiger partial charge in [-0.2, -0.15) is 15.2 Å². The highest BCUT2D eigenvalue weighted by atomic mass is 19.3. The molecule has 1 aliphatic rings. The van der Waals surface area contributed by atoms with E-state index in [1.807, 2.05) is 36.0 Å². The van der Waals surface area contributed by atoms with Crippen molar-refractivity contribution in [3.63, 3.8) is 0 Å². The Labute approximate surface area is 165 Å². The van der Waals surface area contributed by atoms with E-state index in [1.54, 1.807) is 11.8 Å². The molecule has 3 aromatic rings. The van der Waals surface area contributed by atoms with Crippen LogP contribution in [0.5, 0.6) is 0 Å². The summed E-state index contributed by atoms with van der Waals surface area (Å²) in [6.07, 6.45) is 1.85. The maximum absolute atomic E-state index is 13.5. The van der Waals surface area contributed by atoms with Crippen molar-refractivity contribution in [2.45, 2.75) is 18.9 Å². The van der Waals surface area contributed by atoms with Gasteiger partial charge in [-0.1, -0.05) is 0 Å². The van der Waals surface area contributed by atoms with E-state index in [1.165, 1.54) is 0 Å². The zero-order valence-electron chi connectivity index (χ0n) is 15.8. The molecule has 4 rings (SSSR count). The van der Waals surface area contributed by atoms with Gasteiger partial charge in [0.25, 0.3) is 5.92 Å². The third-order valence-electron chi connectivity index (χ3n) is 4.89. The maximum atomic E-state index is 13.5. The average molecular weight is 399 g/mol. The highest BCUT2D eigenvalue weighted by Gasteiger charge is 2.45. The van der Waals surface area contributed by atoms with E-state index in [2.05, 4.69) is 20.3 Å². The minimum absolute atomic E-state index is 0.0382. The molecule has 0 aromatic carbocycles. The number of aromatic nitrogens is 4. The molecule has 0 aliphatic carbocycles. The molecule has 0 spiro atoms. The van der Waals surface area contributed by atoms with Crippen molar-refractivity contribution in [3.05, 3.63) is 29.6 Å². The smallest absolute Gasteiger partial charge is 0.282 e. The van der Waals surface area contributed by atoms with Crippen molar-refractivity contribution in [2.75, 3.05) is 34.8 Å².